The zero-order valence-corrected chi connectivity index (χ0v) is 9.11. The molecular formula is C9H20N4O2. The Kier molecular flexibility index (Phi) is 4.97. The van der Waals surface area contributed by atoms with Crippen LogP contribution in [0, 0.1) is 0 Å². The van der Waals surface area contributed by atoms with Gasteiger partial charge in [-0.2, -0.15) is 0 Å². The molecule has 1 saturated heterocycles. The van der Waals surface area contributed by atoms with Gasteiger partial charge in [0.2, 0.25) is 0 Å². The van der Waals surface area contributed by atoms with E-state index in [0.717, 1.165) is 25.9 Å². The molecule has 0 spiro atoms. The fourth-order valence-electron chi connectivity index (χ4n) is 1.92. The highest BCUT2D eigenvalue weighted by atomic mass is 16.5. The summed E-state index contributed by atoms with van der Waals surface area (Å²) >= 11 is 0. The summed E-state index contributed by atoms with van der Waals surface area (Å²) in [6, 6.07) is -0.185. The van der Waals surface area contributed by atoms with Crippen molar-refractivity contribution in [2.75, 3.05) is 26.8 Å². The van der Waals surface area contributed by atoms with Crippen molar-refractivity contribution in [1.29, 1.82) is 0 Å². The Morgan fingerprint density at radius 1 is 1.73 bits per heavy atom. The molecule has 1 amide bonds. The summed E-state index contributed by atoms with van der Waals surface area (Å²) in [4.78, 5) is 13.5. The van der Waals surface area contributed by atoms with Crippen molar-refractivity contribution < 1.29 is 9.53 Å². The Hall–Kier alpha value is -0.690. The van der Waals surface area contributed by atoms with Crippen LogP contribution in [0.4, 0.5) is 0 Å². The van der Waals surface area contributed by atoms with E-state index in [4.69, 9.17) is 16.3 Å². The lowest BCUT2D eigenvalue weighted by molar-refractivity contribution is -0.129. The number of amides is 1. The number of methoxy groups -OCH3 is 1. The van der Waals surface area contributed by atoms with E-state index in [1.165, 1.54) is 0 Å². The summed E-state index contributed by atoms with van der Waals surface area (Å²) in [7, 11) is 1.57. The molecule has 0 aromatic rings. The van der Waals surface area contributed by atoms with Crippen LogP contribution in [0.15, 0.2) is 0 Å². The van der Waals surface area contributed by atoms with E-state index in [9.17, 15) is 4.79 Å². The Balaban J connectivity index is 2.57. The molecule has 0 aromatic carbocycles. The van der Waals surface area contributed by atoms with E-state index in [1.807, 2.05) is 4.90 Å². The standard InChI is InChI=1S/C9H20N4O2/c1-15-6-8(9(14)12-11)13-4-2-3-7(10)5-13/h7-8H,2-6,10-11H2,1H3,(H,12,14). The molecule has 1 heterocycles. The minimum absolute atomic E-state index is 0.142. The van der Waals surface area contributed by atoms with E-state index in [0.29, 0.717) is 6.61 Å². The van der Waals surface area contributed by atoms with Gasteiger partial charge in [0, 0.05) is 19.7 Å². The average Bonchev–Trinajstić information content (AvgIpc) is 2.25. The van der Waals surface area contributed by atoms with Gasteiger partial charge in [0.25, 0.3) is 5.91 Å². The lowest BCUT2D eigenvalue weighted by Crippen LogP contribution is -2.56. The zero-order chi connectivity index (χ0) is 11.3. The van der Waals surface area contributed by atoms with Gasteiger partial charge in [-0.3, -0.25) is 15.1 Å². The van der Waals surface area contributed by atoms with Gasteiger partial charge < -0.3 is 10.5 Å². The van der Waals surface area contributed by atoms with Crippen LogP contribution in [0.25, 0.3) is 0 Å². The quantitative estimate of drug-likeness (QED) is 0.299. The van der Waals surface area contributed by atoms with Gasteiger partial charge in [0.1, 0.15) is 6.04 Å². The van der Waals surface area contributed by atoms with Gasteiger partial charge in [-0.1, -0.05) is 0 Å². The highest BCUT2D eigenvalue weighted by Gasteiger charge is 2.28. The van der Waals surface area contributed by atoms with Crippen LogP contribution in [-0.4, -0.2) is 49.7 Å². The number of ether oxygens (including phenoxy) is 1. The third-order valence-corrected chi connectivity index (χ3v) is 2.70. The number of nitrogens with zero attached hydrogens (tertiary/aromatic N) is 1. The SMILES string of the molecule is COCC(C(=O)NN)N1CCCC(N)C1. The topological polar surface area (TPSA) is 93.6 Å². The highest BCUT2D eigenvalue weighted by molar-refractivity contribution is 5.81. The first-order valence-corrected chi connectivity index (χ1v) is 5.18. The number of likely N-dealkylation sites (tertiary alicyclic amines) is 1. The molecule has 1 aliphatic rings. The number of carbonyl (C=O) groups excluding carboxylic acids is 1. The summed E-state index contributed by atoms with van der Waals surface area (Å²) in [5.74, 6) is 4.91. The second-order valence-electron chi connectivity index (χ2n) is 3.88. The summed E-state index contributed by atoms with van der Waals surface area (Å²) in [5.41, 5.74) is 8.02. The molecule has 0 radical (unpaired) electrons. The molecule has 0 bridgehead atoms. The first-order valence-electron chi connectivity index (χ1n) is 5.18. The predicted octanol–water partition coefficient (Wildman–Crippen LogP) is -1.59. The van der Waals surface area contributed by atoms with Crippen LogP contribution < -0.4 is 17.0 Å². The summed E-state index contributed by atoms with van der Waals surface area (Å²) < 4.78 is 5.02. The molecule has 5 N–H and O–H groups in total. The van der Waals surface area contributed by atoms with Gasteiger partial charge in [-0.25, -0.2) is 5.84 Å². The minimum Gasteiger partial charge on any atom is -0.383 e. The van der Waals surface area contributed by atoms with Crippen molar-refractivity contribution in [3.8, 4) is 0 Å². The fourth-order valence-corrected chi connectivity index (χ4v) is 1.92. The molecular weight excluding hydrogens is 196 g/mol. The molecule has 15 heavy (non-hydrogen) atoms. The molecule has 0 saturated carbocycles. The number of nitrogens with two attached hydrogens (primary N) is 2. The van der Waals surface area contributed by atoms with Crippen molar-refractivity contribution >= 4 is 5.91 Å². The first-order chi connectivity index (χ1) is 7.19. The second-order valence-corrected chi connectivity index (χ2v) is 3.88. The average molecular weight is 216 g/mol. The maximum atomic E-state index is 11.5. The van der Waals surface area contributed by atoms with Crippen LogP contribution in [0.2, 0.25) is 0 Å². The minimum atomic E-state index is -0.327. The number of nitrogens with one attached hydrogen (secondary N) is 1. The molecule has 6 nitrogen and oxygen atoms in total. The fraction of sp³-hybridized carbons (Fsp3) is 0.889. The van der Waals surface area contributed by atoms with Crippen molar-refractivity contribution in [3.63, 3.8) is 0 Å². The molecule has 88 valence electrons. The van der Waals surface area contributed by atoms with Crippen LogP contribution in [-0.2, 0) is 9.53 Å². The third-order valence-electron chi connectivity index (χ3n) is 2.70. The molecule has 1 aliphatic heterocycles. The van der Waals surface area contributed by atoms with Crippen LogP contribution >= 0.6 is 0 Å². The number of hydrogen-bond donors (Lipinski definition) is 3. The van der Waals surface area contributed by atoms with Crippen LogP contribution in [0.5, 0.6) is 0 Å². The van der Waals surface area contributed by atoms with Crippen molar-refractivity contribution in [2.24, 2.45) is 11.6 Å². The Bertz CT molecular complexity index is 212. The Morgan fingerprint density at radius 2 is 2.47 bits per heavy atom. The van der Waals surface area contributed by atoms with Gasteiger partial charge in [0.05, 0.1) is 6.61 Å². The maximum absolute atomic E-state index is 11.5. The smallest absolute Gasteiger partial charge is 0.253 e. The largest absolute Gasteiger partial charge is 0.383 e. The van der Waals surface area contributed by atoms with Crippen LogP contribution in [0.1, 0.15) is 12.8 Å². The maximum Gasteiger partial charge on any atom is 0.253 e. The molecule has 0 aromatic heterocycles. The third kappa shape index (κ3) is 3.42. The molecule has 1 fully saturated rings. The first kappa shape index (κ1) is 12.4. The van der Waals surface area contributed by atoms with E-state index < -0.39 is 0 Å². The molecule has 6 heteroatoms. The van der Waals surface area contributed by atoms with E-state index in [2.05, 4.69) is 5.43 Å². The van der Waals surface area contributed by atoms with E-state index in [1.54, 1.807) is 7.11 Å². The van der Waals surface area contributed by atoms with Gasteiger partial charge in [-0.15, -0.1) is 0 Å². The zero-order valence-electron chi connectivity index (χ0n) is 9.11. The Morgan fingerprint density at radius 3 is 3.00 bits per heavy atom. The van der Waals surface area contributed by atoms with Crippen molar-refractivity contribution in [2.45, 2.75) is 24.9 Å². The summed E-state index contributed by atoms with van der Waals surface area (Å²) in [6.45, 7) is 1.94. The van der Waals surface area contributed by atoms with Crippen molar-refractivity contribution in [1.82, 2.24) is 10.3 Å². The van der Waals surface area contributed by atoms with Gasteiger partial charge in [-0.05, 0) is 19.4 Å². The van der Waals surface area contributed by atoms with Crippen molar-refractivity contribution in [3.05, 3.63) is 0 Å². The number of hydrogen-bond acceptors (Lipinski definition) is 5. The number of carbonyl (C=O) groups is 1. The number of piperidine rings is 1. The van der Waals surface area contributed by atoms with E-state index >= 15 is 0 Å². The molecule has 0 aliphatic carbocycles. The second kappa shape index (κ2) is 6.02. The summed E-state index contributed by atoms with van der Waals surface area (Å²) in [5, 5.41) is 0. The highest BCUT2D eigenvalue weighted by Crippen LogP contribution is 2.12. The Labute approximate surface area is 89.9 Å². The number of hydrazine groups is 1. The van der Waals surface area contributed by atoms with Crippen LogP contribution in [0.3, 0.4) is 0 Å². The van der Waals surface area contributed by atoms with Gasteiger partial charge in [0.15, 0.2) is 0 Å². The predicted molar refractivity (Wildman–Crippen MR) is 56.8 cm³/mol. The summed E-state index contributed by atoms with van der Waals surface area (Å²) in [6.07, 6.45) is 2.03. The number of rotatable bonds is 4. The lowest BCUT2D eigenvalue weighted by atomic mass is 10.0. The lowest BCUT2D eigenvalue weighted by Gasteiger charge is -2.35. The van der Waals surface area contributed by atoms with Gasteiger partial charge >= 0.3 is 0 Å². The van der Waals surface area contributed by atoms with E-state index in [-0.39, 0.29) is 18.0 Å². The molecule has 1 rings (SSSR count). The molecule has 2 unspecified atom stereocenters. The normalized spacial score (nSPS) is 24.9. The monoisotopic (exact) mass is 216 g/mol. The molecule has 2 atom stereocenters.